The van der Waals surface area contributed by atoms with Crippen LogP contribution in [0.1, 0.15) is 30.1 Å². The zero-order valence-electron chi connectivity index (χ0n) is 13.3. The Kier molecular flexibility index (Phi) is 9.67. The Hall–Kier alpha value is -0.813. The number of benzene rings is 2. The predicted octanol–water partition coefficient (Wildman–Crippen LogP) is 3.68. The van der Waals surface area contributed by atoms with Gasteiger partial charge in [-0.15, -0.1) is 0 Å². The first-order valence-corrected chi connectivity index (χ1v) is 9.15. The van der Waals surface area contributed by atoms with Crippen molar-refractivity contribution in [1.29, 1.82) is 0 Å². The summed E-state index contributed by atoms with van der Waals surface area (Å²) in [5.74, 6) is 0.405. The van der Waals surface area contributed by atoms with Crippen molar-refractivity contribution >= 4 is 55.5 Å². The monoisotopic (exact) mass is 358 g/mol. The summed E-state index contributed by atoms with van der Waals surface area (Å²) in [6.07, 6.45) is 2.83. The van der Waals surface area contributed by atoms with Gasteiger partial charge in [-0.25, -0.2) is 0 Å². The molecule has 0 aliphatic heterocycles. The normalized spacial score (nSPS) is 11.5. The molecule has 3 nitrogen and oxygen atoms in total. The first-order valence-electron chi connectivity index (χ1n) is 7.52. The molecule has 0 N–H and O–H groups in total. The second-order valence-electron chi connectivity index (χ2n) is 4.98. The van der Waals surface area contributed by atoms with Crippen molar-refractivity contribution in [2.75, 3.05) is 13.7 Å². The predicted molar refractivity (Wildman–Crippen MR) is 104 cm³/mol. The minimum absolute atomic E-state index is 0. The molecule has 0 spiro atoms. The molecule has 0 amide bonds. The van der Waals surface area contributed by atoms with E-state index in [4.69, 9.17) is 20.9 Å². The molecular formula is C18H21ClLiO3P. The van der Waals surface area contributed by atoms with E-state index in [1.807, 2.05) is 42.5 Å². The molecule has 0 aliphatic rings. The summed E-state index contributed by atoms with van der Waals surface area (Å²) in [5.41, 5.74) is 0.442. The molecule has 124 valence electrons. The Morgan fingerprint density at radius 3 is 2.46 bits per heavy atom. The molecule has 1 unspecified atom stereocenters. The average Bonchev–Trinajstić information content (AvgIpc) is 2.58. The quantitative estimate of drug-likeness (QED) is 0.312. The number of unbranched alkanes of at least 4 members (excludes halogenated alkanes) is 1. The molecule has 0 aromatic heterocycles. The van der Waals surface area contributed by atoms with E-state index in [1.54, 1.807) is 0 Å². The topological polar surface area (TPSA) is 35.5 Å². The van der Waals surface area contributed by atoms with Crippen LogP contribution in [0, 0.1) is 0 Å². The summed E-state index contributed by atoms with van der Waals surface area (Å²) < 4.78 is 11.3. The summed E-state index contributed by atoms with van der Waals surface area (Å²) in [6, 6.07) is 13.7. The SMILES string of the molecule is CCCCOP(c1ccccc1)c1cc(Cl)c(OC)c(C=O)c1.[LiH]. The van der Waals surface area contributed by atoms with Gasteiger partial charge in [0.15, 0.2) is 6.29 Å². The van der Waals surface area contributed by atoms with Crippen LogP contribution in [0.4, 0.5) is 0 Å². The molecule has 2 aromatic carbocycles. The number of carbonyl (C=O) groups is 1. The molecule has 2 rings (SSSR count). The molecule has 24 heavy (non-hydrogen) atoms. The van der Waals surface area contributed by atoms with E-state index in [9.17, 15) is 4.79 Å². The summed E-state index contributed by atoms with van der Waals surface area (Å²) >= 11 is 6.28. The molecule has 0 heterocycles. The van der Waals surface area contributed by atoms with Crippen LogP contribution in [0.3, 0.4) is 0 Å². The molecule has 6 heteroatoms. The molecular weight excluding hydrogens is 338 g/mol. The van der Waals surface area contributed by atoms with Gasteiger partial charge >= 0.3 is 18.9 Å². The summed E-state index contributed by atoms with van der Waals surface area (Å²) in [4.78, 5) is 11.3. The molecule has 0 radical (unpaired) electrons. The van der Waals surface area contributed by atoms with Gasteiger partial charge in [0.05, 0.1) is 32.5 Å². The second kappa shape index (κ2) is 10.9. The van der Waals surface area contributed by atoms with Crippen molar-refractivity contribution in [3.63, 3.8) is 0 Å². The average molecular weight is 359 g/mol. The first kappa shape index (κ1) is 21.2. The second-order valence-corrected chi connectivity index (χ2v) is 7.27. The standard InChI is InChI=1S/C18H20ClO3P.Li.H/c1-3-4-10-22-23(15-8-6-5-7-9-15)16-11-14(13-20)18(21-2)17(19)12-16;;/h5-9,11-13H,3-4,10H2,1-2H3;;. The Balaban J connectivity index is 0.00000288. The molecule has 0 aliphatic carbocycles. The molecule has 0 saturated carbocycles. The van der Waals surface area contributed by atoms with Crippen LogP contribution in [-0.4, -0.2) is 38.9 Å². The van der Waals surface area contributed by atoms with Gasteiger partial charge in [0.2, 0.25) is 0 Å². The summed E-state index contributed by atoms with van der Waals surface area (Å²) in [5, 5.41) is 2.43. The molecule has 2 aromatic rings. The van der Waals surface area contributed by atoms with Gasteiger partial charge < -0.3 is 9.26 Å². The van der Waals surface area contributed by atoms with Gasteiger partial charge in [-0.2, -0.15) is 0 Å². The Morgan fingerprint density at radius 2 is 1.88 bits per heavy atom. The third-order valence-corrected chi connectivity index (χ3v) is 5.55. The number of hydrogen-bond acceptors (Lipinski definition) is 3. The number of aldehydes is 1. The van der Waals surface area contributed by atoms with Crippen molar-refractivity contribution in [2.45, 2.75) is 19.8 Å². The minimum atomic E-state index is -1.02. The van der Waals surface area contributed by atoms with Gasteiger partial charge in [0.25, 0.3) is 0 Å². The molecule has 0 saturated heterocycles. The number of methoxy groups -OCH3 is 1. The van der Waals surface area contributed by atoms with Crippen molar-refractivity contribution in [1.82, 2.24) is 0 Å². The third-order valence-electron chi connectivity index (χ3n) is 3.33. The van der Waals surface area contributed by atoms with E-state index >= 15 is 0 Å². The van der Waals surface area contributed by atoms with Gasteiger partial charge in [0.1, 0.15) is 5.75 Å². The van der Waals surface area contributed by atoms with Crippen LogP contribution in [0.2, 0.25) is 5.02 Å². The Bertz CT molecular complexity index is 652. The zero-order chi connectivity index (χ0) is 16.7. The van der Waals surface area contributed by atoms with Crippen LogP contribution in [-0.2, 0) is 4.52 Å². The maximum atomic E-state index is 11.3. The Labute approximate surface area is 161 Å². The fourth-order valence-electron chi connectivity index (χ4n) is 2.18. The molecule has 0 bridgehead atoms. The fraction of sp³-hybridized carbons (Fsp3) is 0.278. The molecule has 0 fully saturated rings. The van der Waals surface area contributed by atoms with E-state index in [1.165, 1.54) is 7.11 Å². The van der Waals surface area contributed by atoms with Crippen molar-refractivity contribution in [3.05, 3.63) is 53.1 Å². The van der Waals surface area contributed by atoms with Crippen LogP contribution in [0.25, 0.3) is 0 Å². The van der Waals surface area contributed by atoms with Crippen molar-refractivity contribution in [3.8, 4) is 5.75 Å². The summed E-state index contributed by atoms with van der Waals surface area (Å²) in [6.45, 7) is 2.81. The molecule has 1 atom stereocenters. The van der Waals surface area contributed by atoms with E-state index in [0.717, 1.165) is 29.7 Å². The number of ether oxygens (including phenoxy) is 1. The Morgan fingerprint density at radius 1 is 1.17 bits per heavy atom. The maximum absolute atomic E-state index is 11.3. The van der Waals surface area contributed by atoms with E-state index in [0.29, 0.717) is 22.9 Å². The third kappa shape index (κ3) is 5.35. The summed E-state index contributed by atoms with van der Waals surface area (Å²) in [7, 11) is 0.489. The van der Waals surface area contributed by atoms with Gasteiger partial charge in [-0.05, 0) is 18.6 Å². The van der Waals surface area contributed by atoms with Crippen LogP contribution >= 0.6 is 19.7 Å². The van der Waals surface area contributed by atoms with E-state index in [2.05, 4.69) is 6.92 Å². The fourth-order valence-corrected chi connectivity index (χ4v) is 4.42. The number of rotatable bonds is 8. The first-order chi connectivity index (χ1) is 11.2. The van der Waals surface area contributed by atoms with Crippen LogP contribution in [0.15, 0.2) is 42.5 Å². The van der Waals surface area contributed by atoms with Crippen molar-refractivity contribution < 1.29 is 14.1 Å². The van der Waals surface area contributed by atoms with Crippen molar-refractivity contribution in [2.24, 2.45) is 0 Å². The van der Waals surface area contributed by atoms with Crippen LogP contribution < -0.4 is 15.3 Å². The van der Waals surface area contributed by atoms with Crippen LogP contribution in [0.5, 0.6) is 5.75 Å². The number of halogens is 1. The zero-order valence-corrected chi connectivity index (χ0v) is 14.9. The number of carbonyl (C=O) groups excluding carboxylic acids is 1. The van der Waals surface area contributed by atoms with Gasteiger partial charge in [0, 0.05) is 10.6 Å². The van der Waals surface area contributed by atoms with E-state index in [-0.39, 0.29) is 18.9 Å². The van der Waals surface area contributed by atoms with Gasteiger partial charge in [-0.1, -0.05) is 55.3 Å². The number of hydrogen-bond donors (Lipinski definition) is 0. The van der Waals surface area contributed by atoms with E-state index < -0.39 is 8.15 Å². The van der Waals surface area contributed by atoms with Gasteiger partial charge in [-0.3, -0.25) is 4.79 Å².